The molecule has 1 atom stereocenters. The Hall–Kier alpha value is -2.58. The zero-order valence-corrected chi connectivity index (χ0v) is 16.6. The number of hydrogen-bond donors (Lipinski definition) is 1. The molecule has 1 aromatic heterocycles. The molecule has 0 spiro atoms. The number of aromatic nitrogens is 4. The Balaban J connectivity index is 1.74. The molecule has 1 heterocycles. The summed E-state index contributed by atoms with van der Waals surface area (Å²) in [6, 6.07) is 12.9. The van der Waals surface area contributed by atoms with Crippen LogP contribution in [0.25, 0.3) is 5.69 Å². The Morgan fingerprint density at radius 2 is 2.00 bits per heavy atom. The number of anilines is 1. The minimum absolute atomic E-state index is 0.209. The average molecular weight is 404 g/mol. The average Bonchev–Trinajstić information content (AvgIpc) is 3.10. The van der Waals surface area contributed by atoms with E-state index in [1.54, 1.807) is 29.8 Å². The molecule has 2 aromatic carbocycles. The highest BCUT2D eigenvalue weighted by atomic mass is 35.5. The lowest BCUT2D eigenvalue weighted by molar-refractivity contribution is -0.115. The van der Waals surface area contributed by atoms with E-state index in [1.165, 1.54) is 18.9 Å². The van der Waals surface area contributed by atoms with Gasteiger partial charge in [0.1, 0.15) is 5.75 Å². The van der Waals surface area contributed by atoms with Crippen molar-refractivity contribution in [3.63, 3.8) is 0 Å². The molecule has 0 aliphatic heterocycles. The summed E-state index contributed by atoms with van der Waals surface area (Å²) in [5.74, 6) is 0.327. The normalized spacial score (nSPS) is 11.9. The molecule has 0 aliphatic rings. The van der Waals surface area contributed by atoms with E-state index in [-0.39, 0.29) is 5.91 Å². The van der Waals surface area contributed by atoms with Crippen LogP contribution in [0.2, 0.25) is 5.02 Å². The van der Waals surface area contributed by atoms with Gasteiger partial charge in [-0.15, -0.1) is 5.10 Å². The van der Waals surface area contributed by atoms with Crippen molar-refractivity contribution in [2.24, 2.45) is 0 Å². The number of benzene rings is 2. The number of rotatable bonds is 6. The fourth-order valence-corrected chi connectivity index (χ4v) is 3.30. The van der Waals surface area contributed by atoms with Gasteiger partial charge in [0.25, 0.3) is 0 Å². The van der Waals surface area contributed by atoms with Crippen LogP contribution in [-0.2, 0) is 4.79 Å². The van der Waals surface area contributed by atoms with Gasteiger partial charge in [-0.25, -0.2) is 0 Å². The number of halogens is 1. The maximum absolute atomic E-state index is 12.6. The van der Waals surface area contributed by atoms with Crippen LogP contribution in [0.15, 0.2) is 47.6 Å². The predicted molar refractivity (Wildman–Crippen MR) is 106 cm³/mol. The Labute approximate surface area is 166 Å². The molecule has 3 rings (SSSR count). The van der Waals surface area contributed by atoms with Gasteiger partial charge in [0.2, 0.25) is 11.1 Å². The molecule has 0 saturated heterocycles. The summed E-state index contributed by atoms with van der Waals surface area (Å²) >= 11 is 7.27. The number of tetrazole rings is 1. The van der Waals surface area contributed by atoms with Gasteiger partial charge in [0.15, 0.2) is 0 Å². The van der Waals surface area contributed by atoms with Crippen LogP contribution in [0.1, 0.15) is 12.5 Å². The highest BCUT2D eigenvalue weighted by molar-refractivity contribution is 8.00. The lowest BCUT2D eigenvalue weighted by atomic mass is 10.2. The number of aryl methyl sites for hydroxylation is 1. The number of nitrogens with one attached hydrogen (secondary N) is 1. The third kappa shape index (κ3) is 4.58. The van der Waals surface area contributed by atoms with Crippen LogP contribution < -0.4 is 10.1 Å². The minimum Gasteiger partial charge on any atom is -0.495 e. The van der Waals surface area contributed by atoms with E-state index in [0.717, 1.165) is 11.3 Å². The maximum atomic E-state index is 12.6. The Kier molecular flexibility index (Phi) is 5.98. The second-order valence-electron chi connectivity index (χ2n) is 5.80. The van der Waals surface area contributed by atoms with Gasteiger partial charge in [0.05, 0.1) is 23.7 Å². The van der Waals surface area contributed by atoms with Crippen molar-refractivity contribution in [3.05, 3.63) is 53.1 Å². The molecule has 0 saturated carbocycles. The fourth-order valence-electron chi connectivity index (χ4n) is 2.32. The first-order chi connectivity index (χ1) is 13.0. The SMILES string of the molecule is COc1ccc(Cl)cc1NC(=O)[C@@H](C)Sc1nnnn1-c1ccc(C)cc1. The first kappa shape index (κ1) is 19.2. The zero-order valence-electron chi connectivity index (χ0n) is 15.0. The topological polar surface area (TPSA) is 81.9 Å². The summed E-state index contributed by atoms with van der Waals surface area (Å²) in [6.45, 7) is 3.79. The molecule has 7 nitrogen and oxygen atoms in total. The van der Waals surface area contributed by atoms with Crippen LogP contribution in [-0.4, -0.2) is 38.5 Å². The lowest BCUT2D eigenvalue weighted by Gasteiger charge is -2.14. The molecule has 0 bridgehead atoms. The van der Waals surface area contributed by atoms with Crippen molar-refractivity contribution in [1.29, 1.82) is 0 Å². The molecule has 0 unspecified atom stereocenters. The van der Waals surface area contributed by atoms with Crippen LogP contribution in [0.3, 0.4) is 0 Å². The van der Waals surface area contributed by atoms with Gasteiger partial charge in [-0.05, 0) is 54.6 Å². The molecular formula is C18H18ClN5O2S. The maximum Gasteiger partial charge on any atom is 0.237 e. The number of thioether (sulfide) groups is 1. The van der Waals surface area contributed by atoms with Crippen molar-refractivity contribution in [3.8, 4) is 11.4 Å². The highest BCUT2D eigenvalue weighted by Crippen LogP contribution is 2.29. The van der Waals surface area contributed by atoms with E-state index < -0.39 is 5.25 Å². The van der Waals surface area contributed by atoms with E-state index in [1.807, 2.05) is 31.2 Å². The van der Waals surface area contributed by atoms with Gasteiger partial charge in [-0.2, -0.15) is 4.68 Å². The third-order valence-electron chi connectivity index (χ3n) is 3.79. The van der Waals surface area contributed by atoms with Crippen molar-refractivity contribution in [1.82, 2.24) is 20.2 Å². The van der Waals surface area contributed by atoms with Gasteiger partial charge in [-0.1, -0.05) is 41.1 Å². The summed E-state index contributed by atoms with van der Waals surface area (Å²) in [7, 11) is 1.53. The molecule has 1 N–H and O–H groups in total. The van der Waals surface area contributed by atoms with Crippen LogP contribution in [0, 0.1) is 6.92 Å². The Bertz CT molecular complexity index is 945. The number of carbonyl (C=O) groups excluding carboxylic acids is 1. The Morgan fingerprint density at radius 3 is 2.70 bits per heavy atom. The van der Waals surface area contributed by atoms with Crippen molar-refractivity contribution in [2.45, 2.75) is 24.3 Å². The predicted octanol–water partition coefficient (Wildman–Crippen LogP) is 3.75. The number of ether oxygens (including phenoxy) is 1. The van der Waals surface area contributed by atoms with Gasteiger partial charge < -0.3 is 10.1 Å². The van der Waals surface area contributed by atoms with Crippen LogP contribution in [0.4, 0.5) is 5.69 Å². The molecule has 9 heteroatoms. The van der Waals surface area contributed by atoms with Crippen molar-refractivity contribution < 1.29 is 9.53 Å². The van der Waals surface area contributed by atoms with Crippen LogP contribution >= 0.6 is 23.4 Å². The molecule has 0 fully saturated rings. The smallest absolute Gasteiger partial charge is 0.237 e. The van der Waals surface area contributed by atoms with Gasteiger partial charge in [0, 0.05) is 5.02 Å². The van der Waals surface area contributed by atoms with E-state index in [9.17, 15) is 4.79 Å². The summed E-state index contributed by atoms with van der Waals surface area (Å²) in [4.78, 5) is 12.6. The molecule has 1 amide bonds. The molecular weight excluding hydrogens is 386 g/mol. The van der Waals surface area contributed by atoms with E-state index in [2.05, 4.69) is 20.8 Å². The third-order valence-corrected chi connectivity index (χ3v) is 5.06. The summed E-state index contributed by atoms with van der Waals surface area (Å²) in [5, 5.41) is 15.2. The van der Waals surface area contributed by atoms with Gasteiger partial charge >= 0.3 is 0 Å². The van der Waals surface area contributed by atoms with Gasteiger partial charge in [-0.3, -0.25) is 4.79 Å². The standard InChI is InChI=1S/C18H18ClN5O2S/c1-11-4-7-14(8-5-11)24-18(21-22-23-24)27-12(2)17(25)20-15-10-13(19)6-9-16(15)26-3/h4-10,12H,1-3H3,(H,20,25)/t12-/m1/s1. The largest absolute Gasteiger partial charge is 0.495 e. The molecule has 140 valence electrons. The Morgan fingerprint density at radius 1 is 1.26 bits per heavy atom. The molecule has 0 aliphatic carbocycles. The first-order valence-electron chi connectivity index (χ1n) is 8.14. The number of hydrogen-bond acceptors (Lipinski definition) is 6. The summed E-state index contributed by atoms with van der Waals surface area (Å²) in [5.41, 5.74) is 2.49. The fraction of sp³-hybridized carbons (Fsp3) is 0.222. The summed E-state index contributed by atoms with van der Waals surface area (Å²) in [6.07, 6.45) is 0. The number of nitrogens with zero attached hydrogens (tertiary/aromatic N) is 4. The van der Waals surface area contributed by atoms with Crippen LogP contribution in [0.5, 0.6) is 5.75 Å². The molecule has 0 radical (unpaired) electrons. The number of amides is 1. The summed E-state index contributed by atoms with van der Waals surface area (Å²) < 4.78 is 6.86. The second kappa shape index (κ2) is 8.41. The molecule has 3 aromatic rings. The number of methoxy groups -OCH3 is 1. The zero-order chi connectivity index (χ0) is 19.4. The minimum atomic E-state index is -0.441. The van der Waals surface area contributed by atoms with E-state index in [0.29, 0.717) is 21.6 Å². The second-order valence-corrected chi connectivity index (χ2v) is 7.55. The molecule has 27 heavy (non-hydrogen) atoms. The monoisotopic (exact) mass is 403 g/mol. The lowest BCUT2D eigenvalue weighted by Crippen LogP contribution is -2.23. The highest BCUT2D eigenvalue weighted by Gasteiger charge is 2.20. The van der Waals surface area contributed by atoms with E-state index >= 15 is 0 Å². The van der Waals surface area contributed by atoms with Crippen molar-refractivity contribution in [2.75, 3.05) is 12.4 Å². The quantitative estimate of drug-likeness (QED) is 0.631. The number of carbonyl (C=O) groups is 1. The van der Waals surface area contributed by atoms with Crippen molar-refractivity contribution >= 4 is 35.0 Å². The first-order valence-corrected chi connectivity index (χ1v) is 9.40. The van der Waals surface area contributed by atoms with E-state index in [4.69, 9.17) is 16.3 Å².